The highest BCUT2D eigenvalue weighted by Crippen LogP contribution is 2.34. The number of carbonyl (C=O) groups is 2. The first-order valence-electron chi connectivity index (χ1n) is 4.80. The largest absolute Gasteiger partial charge is 0.478 e. The van der Waals surface area contributed by atoms with E-state index < -0.39 is 11.9 Å². The van der Waals surface area contributed by atoms with Gasteiger partial charge in [0.2, 0.25) is 0 Å². The lowest BCUT2D eigenvalue weighted by molar-refractivity contribution is 0.0687. The molecule has 0 aliphatic heterocycles. The van der Waals surface area contributed by atoms with Crippen molar-refractivity contribution in [2.45, 2.75) is 0 Å². The minimum absolute atomic E-state index is 0.0530. The number of fused-ring (bicyclic) bond motifs is 1. The Balaban J connectivity index is 2.83. The van der Waals surface area contributed by atoms with E-state index in [1.807, 2.05) is 0 Å². The second-order valence-electron chi connectivity index (χ2n) is 3.60. The van der Waals surface area contributed by atoms with Gasteiger partial charge in [-0.25, -0.2) is 9.59 Å². The fourth-order valence-corrected chi connectivity index (χ4v) is 2.14. The van der Waals surface area contributed by atoms with E-state index in [2.05, 4.69) is 0 Å². The van der Waals surface area contributed by atoms with Gasteiger partial charge in [-0.1, -0.05) is 29.3 Å². The topological polar surface area (TPSA) is 74.6 Å². The molecule has 2 aromatic rings. The summed E-state index contributed by atoms with van der Waals surface area (Å²) in [5.41, 5.74) is -0.103. The Morgan fingerprint density at radius 1 is 0.944 bits per heavy atom. The van der Waals surface area contributed by atoms with Gasteiger partial charge >= 0.3 is 11.9 Å². The van der Waals surface area contributed by atoms with Gasteiger partial charge in [-0.15, -0.1) is 0 Å². The van der Waals surface area contributed by atoms with Crippen LogP contribution in [0.4, 0.5) is 0 Å². The molecule has 2 aromatic carbocycles. The lowest BCUT2D eigenvalue weighted by Crippen LogP contribution is -2.00. The number of hydrogen-bond acceptors (Lipinski definition) is 2. The van der Waals surface area contributed by atoms with Crippen molar-refractivity contribution in [2.24, 2.45) is 0 Å². The van der Waals surface area contributed by atoms with Crippen LogP contribution in [0.25, 0.3) is 10.8 Å². The van der Waals surface area contributed by atoms with Crippen molar-refractivity contribution in [1.82, 2.24) is 0 Å². The third-order valence-corrected chi connectivity index (χ3v) is 3.38. The molecule has 0 aromatic heterocycles. The minimum atomic E-state index is -1.22. The van der Waals surface area contributed by atoms with Crippen molar-refractivity contribution in [3.8, 4) is 0 Å². The van der Waals surface area contributed by atoms with Crippen molar-refractivity contribution in [1.29, 1.82) is 0 Å². The van der Waals surface area contributed by atoms with E-state index in [0.717, 1.165) is 0 Å². The monoisotopic (exact) mass is 284 g/mol. The van der Waals surface area contributed by atoms with Crippen LogP contribution >= 0.6 is 23.2 Å². The first kappa shape index (κ1) is 12.7. The van der Waals surface area contributed by atoms with Gasteiger partial charge in [0.05, 0.1) is 21.2 Å². The molecular formula is C12H6Cl2O4. The van der Waals surface area contributed by atoms with E-state index in [-0.39, 0.29) is 21.2 Å². The van der Waals surface area contributed by atoms with E-state index in [1.54, 1.807) is 0 Å². The third-order valence-electron chi connectivity index (χ3n) is 2.49. The van der Waals surface area contributed by atoms with Gasteiger partial charge < -0.3 is 10.2 Å². The molecule has 0 heterocycles. The second-order valence-corrected chi connectivity index (χ2v) is 4.35. The van der Waals surface area contributed by atoms with E-state index >= 15 is 0 Å². The van der Waals surface area contributed by atoms with Crippen LogP contribution < -0.4 is 0 Å². The fourth-order valence-electron chi connectivity index (χ4n) is 1.63. The van der Waals surface area contributed by atoms with Gasteiger partial charge in [0.15, 0.2) is 0 Å². The molecule has 0 aliphatic carbocycles. The molecule has 0 amide bonds. The summed E-state index contributed by atoms with van der Waals surface area (Å²) in [7, 11) is 0. The van der Waals surface area contributed by atoms with Gasteiger partial charge in [-0.3, -0.25) is 0 Å². The molecule has 2 N–H and O–H groups in total. The van der Waals surface area contributed by atoms with E-state index in [0.29, 0.717) is 10.8 Å². The molecule has 0 fully saturated rings. The average Bonchev–Trinajstić information content (AvgIpc) is 2.32. The summed E-state index contributed by atoms with van der Waals surface area (Å²) in [6.07, 6.45) is 0. The maximum atomic E-state index is 11.0. The van der Waals surface area contributed by atoms with E-state index in [4.69, 9.17) is 33.4 Å². The summed E-state index contributed by atoms with van der Waals surface area (Å²) in [6.45, 7) is 0. The zero-order valence-electron chi connectivity index (χ0n) is 8.78. The Kier molecular flexibility index (Phi) is 3.15. The predicted molar refractivity (Wildman–Crippen MR) is 67.9 cm³/mol. The van der Waals surface area contributed by atoms with Crippen LogP contribution in [-0.4, -0.2) is 22.2 Å². The Labute approximate surface area is 111 Å². The molecule has 0 spiro atoms. The number of halogens is 2. The quantitative estimate of drug-likeness (QED) is 0.884. The highest BCUT2D eigenvalue weighted by molar-refractivity contribution is 6.47. The number of aromatic carboxylic acids is 2. The molecule has 0 saturated heterocycles. The highest BCUT2D eigenvalue weighted by Gasteiger charge is 2.16. The zero-order valence-corrected chi connectivity index (χ0v) is 10.3. The summed E-state index contributed by atoms with van der Waals surface area (Å²) in [5.74, 6) is -2.32. The second kappa shape index (κ2) is 4.48. The zero-order chi connectivity index (χ0) is 13.4. The molecule has 0 atom stereocenters. The van der Waals surface area contributed by atoms with Gasteiger partial charge in [-0.05, 0) is 23.6 Å². The standard InChI is InChI=1S/C12H6Cl2O4/c13-9-7-2-1-5(11(15)16)3-6(7)4-8(10(9)14)12(17)18/h1-4H,(H,15,16)(H,17,18). The third kappa shape index (κ3) is 2.00. The molecule has 0 unspecified atom stereocenters. The Hall–Kier alpha value is -1.78. The highest BCUT2D eigenvalue weighted by atomic mass is 35.5. The van der Waals surface area contributed by atoms with Crippen LogP contribution in [0.3, 0.4) is 0 Å². The van der Waals surface area contributed by atoms with Crippen LogP contribution in [0.1, 0.15) is 20.7 Å². The van der Waals surface area contributed by atoms with Crippen molar-refractivity contribution >= 4 is 45.9 Å². The maximum Gasteiger partial charge on any atom is 0.337 e. The van der Waals surface area contributed by atoms with Gasteiger partial charge in [0.25, 0.3) is 0 Å². The molecule has 0 saturated carbocycles. The molecule has 0 aliphatic rings. The molecular weight excluding hydrogens is 279 g/mol. The summed E-state index contributed by atoms with van der Waals surface area (Å²) in [4.78, 5) is 21.8. The normalized spacial score (nSPS) is 10.6. The summed E-state index contributed by atoms with van der Waals surface area (Å²) in [6, 6.07) is 5.54. The van der Waals surface area contributed by atoms with Crippen LogP contribution in [0, 0.1) is 0 Å². The van der Waals surface area contributed by atoms with Crippen LogP contribution in [0.5, 0.6) is 0 Å². The average molecular weight is 285 g/mol. The van der Waals surface area contributed by atoms with E-state index in [9.17, 15) is 9.59 Å². The Bertz CT molecular complexity index is 679. The number of rotatable bonds is 2. The lowest BCUT2D eigenvalue weighted by atomic mass is 10.0. The first-order chi connectivity index (χ1) is 8.41. The van der Waals surface area contributed by atoms with Crippen molar-refractivity contribution in [3.05, 3.63) is 45.4 Å². The van der Waals surface area contributed by atoms with Crippen molar-refractivity contribution < 1.29 is 19.8 Å². The van der Waals surface area contributed by atoms with Crippen LogP contribution in [0.15, 0.2) is 24.3 Å². The molecule has 4 nitrogen and oxygen atoms in total. The maximum absolute atomic E-state index is 11.0. The molecule has 0 bridgehead atoms. The SMILES string of the molecule is O=C(O)c1ccc2c(Cl)c(Cl)c(C(=O)O)cc2c1. The van der Waals surface area contributed by atoms with Gasteiger partial charge in [0.1, 0.15) is 0 Å². The minimum Gasteiger partial charge on any atom is -0.478 e. The van der Waals surface area contributed by atoms with Crippen molar-refractivity contribution in [2.75, 3.05) is 0 Å². The molecule has 18 heavy (non-hydrogen) atoms. The number of carboxylic acids is 2. The Morgan fingerprint density at radius 2 is 1.61 bits per heavy atom. The molecule has 2 rings (SSSR count). The predicted octanol–water partition coefficient (Wildman–Crippen LogP) is 3.54. The number of hydrogen-bond donors (Lipinski definition) is 2. The first-order valence-corrected chi connectivity index (χ1v) is 5.55. The van der Waals surface area contributed by atoms with Gasteiger partial charge in [0, 0.05) is 5.39 Å². The molecule has 0 radical (unpaired) electrons. The lowest BCUT2D eigenvalue weighted by Gasteiger charge is -2.07. The fraction of sp³-hybridized carbons (Fsp3) is 0. The summed E-state index contributed by atoms with van der Waals surface area (Å²) < 4.78 is 0. The summed E-state index contributed by atoms with van der Waals surface area (Å²) >= 11 is 11.8. The molecule has 6 heteroatoms. The number of carboxylic acid groups (broad SMARTS) is 2. The molecule has 92 valence electrons. The smallest absolute Gasteiger partial charge is 0.337 e. The van der Waals surface area contributed by atoms with Crippen LogP contribution in [0.2, 0.25) is 10.0 Å². The van der Waals surface area contributed by atoms with Crippen molar-refractivity contribution in [3.63, 3.8) is 0 Å². The van der Waals surface area contributed by atoms with Gasteiger partial charge in [-0.2, -0.15) is 0 Å². The summed E-state index contributed by atoms with van der Waals surface area (Å²) in [5, 5.41) is 18.8. The van der Waals surface area contributed by atoms with Crippen LogP contribution in [-0.2, 0) is 0 Å². The number of benzene rings is 2. The Morgan fingerprint density at radius 3 is 2.17 bits per heavy atom. The van der Waals surface area contributed by atoms with E-state index in [1.165, 1.54) is 24.3 Å².